The molecule has 0 radical (unpaired) electrons. The SMILES string of the molecule is CC(C)C1CCN(CC2CCN(C(C)C)CC2)CC1.CCC1CCN(C(=O)C2CCN(CC)CC2)CC1. The van der Waals surface area contributed by atoms with E-state index in [4.69, 9.17) is 0 Å². The van der Waals surface area contributed by atoms with Gasteiger partial charge in [-0.25, -0.2) is 0 Å². The summed E-state index contributed by atoms with van der Waals surface area (Å²) in [5.74, 6) is 4.45. The van der Waals surface area contributed by atoms with Crippen molar-refractivity contribution in [1.29, 1.82) is 0 Å². The minimum absolute atomic E-state index is 0.311. The zero-order valence-electron chi connectivity index (χ0n) is 25.6. The van der Waals surface area contributed by atoms with E-state index in [9.17, 15) is 4.79 Å². The molecule has 5 nitrogen and oxygen atoms in total. The molecule has 1 amide bonds. The molecule has 4 saturated heterocycles. The van der Waals surface area contributed by atoms with Crippen LogP contribution in [0.15, 0.2) is 0 Å². The molecular formula is C32H62N4O. The monoisotopic (exact) mass is 518 g/mol. The summed E-state index contributed by atoms with van der Waals surface area (Å²) in [5, 5.41) is 0. The van der Waals surface area contributed by atoms with Crippen LogP contribution < -0.4 is 0 Å². The van der Waals surface area contributed by atoms with Gasteiger partial charge in [-0.3, -0.25) is 4.79 Å². The first-order valence-electron chi connectivity index (χ1n) is 16.3. The van der Waals surface area contributed by atoms with Gasteiger partial charge in [0.25, 0.3) is 0 Å². The van der Waals surface area contributed by atoms with Crippen LogP contribution in [0.3, 0.4) is 0 Å². The minimum atomic E-state index is 0.311. The number of hydrogen-bond acceptors (Lipinski definition) is 4. The number of likely N-dealkylation sites (tertiary alicyclic amines) is 4. The second kappa shape index (κ2) is 15.8. The van der Waals surface area contributed by atoms with Crippen LogP contribution in [0.2, 0.25) is 0 Å². The maximum absolute atomic E-state index is 12.5. The molecule has 0 unspecified atom stereocenters. The Morgan fingerprint density at radius 1 is 0.676 bits per heavy atom. The van der Waals surface area contributed by atoms with E-state index in [0.29, 0.717) is 11.8 Å². The first-order chi connectivity index (χ1) is 17.8. The second-order valence-corrected chi connectivity index (χ2v) is 13.3. The van der Waals surface area contributed by atoms with Gasteiger partial charge in [-0.05, 0) is 135 Å². The Morgan fingerprint density at radius 3 is 1.70 bits per heavy atom. The minimum Gasteiger partial charge on any atom is -0.342 e. The average Bonchev–Trinajstić information content (AvgIpc) is 2.93. The van der Waals surface area contributed by atoms with E-state index in [1.54, 1.807) is 0 Å². The van der Waals surface area contributed by atoms with Gasteiger partial charge in [0.05, 0.1) is 0 Å². The van der Waals surface area contributed by atoms with Gasteiger partial charge in [0.2, 0.25) is 5.91 Å². The summed E-state index contributed by atoms with van der Waals surface area (Å²) in [5.41, 5.74) is 0. The van der Waals surface area contributed by atoms with E-state index in [1.165, 1.54) is 77.7 Å². The van der Waals surface area contributed by atoms with Gasteiger partial charge in [0.15, 0.2) is 0 Å². The molecule has 5 heteroatoms. The third-order valence-corrected chi connectivity index (χ3v) is 10.4. The zero-order valence-corrected chi connectivity index (χ0v) is 25.6. The molecule has 4 aliphatic rings. The number of carbonyl (C=O) groups is 1. The Kier molecular flexibility index (Phi) is 13.2. The fraction of sp³-hybridized carbons (Fsp3) is 0.969. The van der Waals surface area contributed by atoms with Crippen LogP contribution >= 0.6 is 0 Å². The van der Waals surface area contributed by atoms with Crippen molar-refractivity contribution in [3.05, 3.63) is 0 Å². The first-order valence-corrected chi connectivity index (χ1v) is 16.3. The summed E-state index contributed by atoms with van der Waals surface area (Å²) in [6.45, 7) is 26.0. The zero-order chi connectivity index (χ0) is 26.8. The van der Waals surface area contributed by atoms with Crippen LogP contribution in [-0.4, -0.2) is 97.0 Å². The average molecular weight is 519 g/mol. The van der Waals surface area contributed by atoms with Gasteiger partial charge in [0, 0.05) is 31.6 Å². The third kappa shape index (κ3) is 9.80. The fourth-order valence-corrected chi connectivity index (χ4v) is 7.14. The van der Waals surface area contributed by atoms with Crippen LogP contribution in [-0.2, 0) is 4.79 Å². The Labute approximate surface area is 230 Å². The maximum Gasteiger partial charge on any atom is 0.225 e. The van der Waals surface area contributed by atoms with Crippen molar-refractivity contribution in [1.82, 2.24) is 19.6 Å². The molecule has 4 fully saturated rings. The Morgan fingerprint density at radius 2 is 1.22 bits per heavy atom. The molecule has 0 aromatic rings. The highest BCUT2D eigenvalue weighted by atomic mass is 16.2. The van der Waals surface area contributed by atoms with Gasteiger partial charge in [0.1, 0.15) is 0 Å². The molecule has 0 saturated carbocycles. The van der Waals surface area contributed by atoms with Crippen LogP contribution in [0.1, 0.15) is 99.3 Å². The molecule has 4 heterocycles. The quantitative estimate of drug-likeness (QED) is 0.423. The standard InChI is InChI=1S/C17H34N2.C15H28N2O/c1-14(2)17-7-9-18(10-8-17)13-16-5-11-19(12-6-16)15(3)4;1-3-13-5-11-17(12-6-13)15(18)14-7-9-16(4-2)10-8-14/h14-17H,5-13H2,1-4H3;13-14H,3-12H2,1-2H3. The molecular weight excluding hydrogens is 456 g/mol. The highest BCUT2D eigenvalue weighted by Crippen LogP contribution is 2.27. The molecule has 4 rings (SSSR count). The summed E-state index contributed by atoms with van der Waals surface area (Å²) in [6.07, 6.45) is 11.6. The number of piperidine rings is 4. The lowest BCUT2D eigenvalue weighted by Crippen LogP contribution is -2.45. The predicted octanol–water partition coefficient (Wildman–Crippen LogP) is 5.84. The summed E-state index contributed by atoms with van der Waals surface area (Å²) in [7, 11) is 0. The van der Waals surface area contributed by atoms with Crippen LogP contribution in [0, 0.1) is 29.6 Å². The van der Waals surface area contributed by atoms with E-state index in [0.717, 1.165) is 75.3 Å². The molecule has 37 heavy (non-hydrogen) atoms. The number of carbonyl (C=O) groups excluding carboxylic acids is 1. The van der Waals surface area contributed by atoms with Crippen molar-refractivity contribution in [2.45, 2.75) is 105 Å². The Balaban J connectivity index is 0.000000206. The maximum atomic E-state index is 12.5. The number of nitrogens with zero attached hydrogens (tertiary/aromatic N) is 4. The fourth-order valence-electron chi connectivity index (χ4n) is 7.14. The van der Waals surface area contributed by atoms with E-state index >= 15 is 0 Å². The van der Waals surface area contributed by atoms with Gasteiger partial charge in [-0.2, -0.15) is 0 Å². The van der Waals surface area contributed by atoms with Crippen LogP contribution in [0.25, 0.3) is 0 Å². The lowest BCUT2D eigenvalue weighted by Gasteiger charge is -2.39. The summed E-state index contributed by atoms with van der Waals surface area (Å²) in [4.78, 5) is 22.4. The van der Waals surface area contributed by atoms with Crippen molar-refractivity contribution in [3.63, 3.8) is 0 Å². The van der Waals surface area contributed by atoms with Crippen LogP contribution in [0.5, 0.6) is 0 Å². The van der Waals surface area contributed by atoms with E-state index in [-0.39, 0.29) is 0 Å². The first kappa shape index (κ1) is 30.9. The molecule has 0 atom stereocenters. The highest BCUT2D eigenvalue weighted by Gasteiger charge is 2.30. The normalized spacial score (nSPS) is 25.0. The topological polar surface area (TPSA) is 30.0 Å². The molecule has 0 bridgehead atoms. The lowest BCUT2D eigenvalue weighted by atomic mass is 9.86. The van der Waals surface area contributed by atoms with Crippen molar-refractivity contribution >= 4 is 5.91 Å². The summed E-state index contributed by atoms with van der Waals surface area (Å²) >= 11 is 0. The largest absolute Gasteiger partial charge is 0.342 e. The molecule has 0 aliphatic carbocycles. The second-order valence-electron chi connectivity index (χ2n) is 13.3. The Bertz CT molecular complexity index is 569. The number of hydrogen-bond donors (Lipinski definition) is 0. The number of amides is 1. The molecule has 0 aromatic carbocycles. The van der Waals surface area contributed by atoms with E-state index < -0.39 is 0 Å². The Hall–Kier alpha value is -0.650. The summed E-state index contributed by atoms with van der Waals surface area (Å²) in [6, 6.07) is 0.739. The van der Waals surface area contributed by atoms with Crippen molar-refractivity contribution in [2.24, 2.45) is 29.6 Å². The van der Waals surface area contributed by atoms with E-state index in [2.05, 4.69) is 61.1 Å². The number of rotatable bonds is 7. The molecule has 0 spiro atoms. The van der Waals surface area contributed by atoms with Crippen molar-refractivity contribution in [2.75, 3.05) is 65.4 Å². The van der Waals surface area contributed by atoms with E-state index in [1.807, 2.05) is 0 Å². The van der Waals surface area contributed by atoms with Gasteiger partial charge < -0.3 is 19.6 Å². The van der Waals surface area contributed by atoms with Crippen molar-refractivity contribution < 1.29 is 4.79 Å². The molecule has 216 valence electrons. The van der Waals surface area contributed by atoms with Crippen molar-refractivity contribution in [3.8, 4) is 0 Å². The van der Waals surface area contributed by atoms with Gasteiger partial charge in [-0.15, -0.1) is 0 Å². The highest BCUT2D eigenvalue weighted by molar-refractivity contribution is 5.79. The smallest absolute Gasteiger partial charge is 0.225 e. The predicted molar refractivity (Wildman–Crippen MR) is 158 cm³/mol. The van der Waals surface area contributed by atoms with Crippen LogP contribution in [0.4, 0.5) is 0 Å². The summed E-state index contributed by atoms with van der Waals surface area (Å²) < 4.78 is 0. The third-order valence-electron chi connectivity index (χ3n) is 10.4. The lowest BCUT2D eigenvalue weighted by molar-refractivity contribution is -0.138. The molecule has 0 N–H and O–H groups in total. The van der Waals surface area contributed by atoms with Gasteiger partial charge in [-0.1, -0.05) is 34.1 Å². The molecule has 0 aromatic heterocycles. The molecule has 4 aliphatic heterocycles. The van der Waals surface area contributed by atoms with Gasteiger partial charge >= 0.3 is 0 Å².